The Kier molecular flexibility index (Phi) is 6.85. The van der Waals surface area contributed by atoms with Gasteiger partial charge in [-0.2, -0.15) is 13.2 Å². The Morgan fingerprint density at radius 3 is 2.50 bits per heavy atom. The van der Waals surface area contributed by atoms with E-state index >= 15 is 0 Å². The molecule has 0 bridgehead atoms. The number of alkyl halides is 3. The second-order valence-electron chi connectivity index (χ2n) is 3.47. The number of hydrogen-bond acceptors (Lipinski definition) is 3. The van der Waals surface area contributed by atoms with Crippen molar-refractivity contribution in [1.29, 1.82) is 0 Å². The van der Waals surface area contributed by atoms with E-state index in [4.69, 9.17) is 0 Å². The molecule has 0 aromatic rings. The van der Waals surface area contributed by atoms with E-state index in [9.17, 15) is 18.0 Å². The number of rotatable bonds is 7. The van der Waals surface area contributed by atoms with Gasteiger partial charge in [0.1, 0.15) is 0 Å². The van der Waals surface area contributed by atoms with Crippen LogP contribution >= 0.6 is 0 Å². The van der Waals surface area contributed by atoms with Gasteiger partial charge >= 0.3 is 12.1 Å². The van der Waals surface area contributed by atoms with Crippen molar-refractivity contribution in [2.45, 2.75) is 19.0 Å². The van der Waals surface area contributed by atoms with Crippen molar-refractivity contribution in [3.63, 3.8) is 0 Å². The summed E-state index contributed by atoms with van der Waals surface area (Å²) in [7, 11) is 1.22. The number of esters is 1. The van der Waals surface area contributed by atoms with Crippen LogP contribution in [0.5, 0.6) is 0 Å². The molecule has 6 heteroatoms. The molecular weight excluding hydrogens is 247 g/mol. The van der Waals surface area contributed by atoms with Gasteiger partial charge in [0, 0.05) is 18.7 Å². The SMILES string of the molecule is C=C/C(=C\C(=C)NCCCC(F)(F)F)C(=O)OC. The third-order valence-electron chi connectivity index (χ3n) is 1.96. The zero-order valence-corrected chi connectivity index (χ0v) is 10.1. The molecular formula is C12H16F3NO2. The fourth-order valence-electron chi connectivity index (χ4n) is 1.10. The van der Waals surface area contributed by atoms with Gasteiger partial charge in [-0.25, -0.2) is 4.79 Å². The normalized spacial score (nSPS) is 11.9. The van der Waals surface area contributed by atoms with Gasteiger partial charge < -0.3 is 10.1 Å². The zero-order valence-electron chi connectivity index (χ0n) is 10.1. The Hall–Kier alpha value is -1.72. The van der Waals surface area contributed by atoms with E-state index in [1.807, 2.05) is 0 Å². The van der Waals surface area contributed by atoms with E-state index in [-0.39, 0.29) is 18.5 Å². The number of hydrogen-bond donors (Lipinski definition) is 1. The van der Waals surface area contributed by atoms with Crippen molar-refractivity contribution in [2.75, 3.05) is 13.7 Å². The Balaban J connectivity index is 4.14. The van der Waals surface area contributed by atoms with E-state index in [1.165, 1.54) is 19.3 Å². The molecule has 1 N–H and O–H groups in total. The lowest BCUT2D eigenvalue weighted by Gasteiger charge is -2.08. The second kappa shape index (κ2) is 7.58. The molecule has 0 aliphatic rings. The van der Waals surface area contributed by atoms with E-state index in [0.29, 0.717) is 5.70 Å². The lowest BCUT2D eigenvalue weighted by molar-refractivity contribution is -0.136. The number of halogens is 3. The quantitative estimate of drug-likeness (QED) is 0.332. The Bertz CT molecular complexity index is 346. The molecule has 0 amide bonds. The van der Waals surface area contributed by atoms with Crippen LogP contribution in [0.2, 0.25) is 0 Å². The van der Waals surface area contributed by atoms with Crippen molar-refractivity contribution >= 4 is 5.97 Å². The molecule has 0 aliphatic heterocycles. The van der Waals surface area contributed by atoms with Crippen LogP contribution in [-0.2, 0) is 9.53 Å². The predicted molar refractivity (Wildman–Crippen MR) is 62.7 cm³/mol. The summed E-state index contributed by atoms with van der Waals surface area (Å²) in [5.41, 5.74) is 0.517. The number of carbonyl (C=O) groups excluding carboxylic acids is 1. The van der Waals surface area contributed by atoms with Crippen molar-refractivity contribution < 1.29 is 22.7 Å². The van der Waals surface area contributed by atoms with E-state index in [1.54, 1.807) is 0 Å². The van der Waals surface area contributed by atoms with Gasteiger partial charge in [-0.15, -0.1) is 0 Å². The molecule has 0 unspecified atom stereocenters. The molecule has 0 aliphatic carbocycles. The first-order valence-corrected chi connectivity index (χ1v) is 5.22. The number of nitrogens with one attached hydrogen (secondary N) is 1. The van der Waals surface area contributed by atoms with Crippen LogP contribution in [0.4, 0.5) is 13.2 Å². The summed E-state index contributed by atoms with van der Waals surface area (Å²) < 4.78 is 40.1. The lowest BCUT2D eigenvalue weighted by Crippen LogP contribution is -2.17. The van der Waals surface area contributed by atoms with Crippen LogP contribution in [0, 0.1) is 0 Å². The Morgan fingerprint density at radius 1 is 1.44 bits per heavy atom. The third kappa shape index (κ3) is 7.54. The van der Waals surface area contributed by atoms with Gasteiger partial charge in [-0.05, 0) is 12.5 Å². The highest BCUT2D eigenvalue weighted by Crippen LogP contribution is 2.20. The van der Waals surface area contributed by atoms with Crippen LogP contribution < -0.4 is 5.32 Å². The van der Waals surface area contributed by atoms with Crippen LogP contribution in [0.15, 0.2) is 36.6 Å². The van der Waals surface area contributed by atoms with E-state index in [2.05, 4.69) is 23.2 Å². The summed E-state index contributed by atoms with van der Waals surface area (Å²) in [5.74, 6) is -0.580. The molecule has 3 nitrogen and oxygen atoms in total. The molecule has 0 fully saturated rings. The van der Waals surface area contributed by atoms with Crippen LogP contribution in [0.3, 0.4) is 0 Å². The van der Waals surface area contributed by atoms with Gasteiger partial charge in [0.2, 0.25) is 0 Å². The van der Waals surface area contributed by atoms with E-state index in [0.717, 1.165) is 0 Å². The molecule has 0 atom stereocenters. The minimum Gasteiger partial charge on any atom is -0.465 e. The first-order valence-electron chi connectivity index (χ1n) is 5.22. The standard InChI is InChI=1S/C12H16F3NO2/c1-4-10(11(17)18-3)8-9(2)16-7-5-6-12(13,14)15/h4,8,16H,1-2,5-7H2,3H3/b10-8+. The summed E-state index contributed by atoms with van der Waals surface area (Å²) in [6, 6.07) is 0. The number of methoxy groups -OCH3 is 1. The van der Waals surface area contributed by atoms with Crippen LogP contribution in [-0.4, -0.2) is 25.8 Å². The Morgan fingerprint density at radius 2 is 2.06 bits per heavy atom. The fraction of sp³-hybridized carbons (Fsp3) is 0.417. The minimum absolute atomic E-state index is 0.0575. The monoisotopic (exact) mass is 263 g/mol. The van der Waals surface area contributed by atoms with Crippen LogP contribution in [0.25, 0.3) is 0 Å². The molecule has 0 aromatic heterocycles. The summed E-state index contributed by atoms with van der Waals surface area (Å²) >= 11 is 0. The van der Waals surface area contributed by atoms with Gasteiger partial charge in [0.25, 0.3) is 0 Å². The highest BCUT2D eigenvalue weighted by molar-refractivity contribution is 5.91. The molecule has 0 saturated carbocycles. The topological polar surface area (TPSA) is 38.3 Å². The second-order valence-corrected chi connectivity index (χ2v) is 3.47. The summed E-state index contributed by atoms with van der Waals surface area (Å²) in [6.45, 7) is 7.12. The lowest BCUT2D eigenvalue weighted by atomic mass is 10.2. The highest BCUT2D eigenvalue weighted by Gasteiger charge is 2.25. The number of ether oxygens (including phenoxy) is 1. The maximum Gasteiger partial charge on any atom is 0.389 e. The largest absolute Gasteiger partial charge is 0.465 e. The number of allylic oxidation sites excluding steroid dienone is 1. The summed E-state index contributed by atoms with van der Waals surface area (Å²) in [5, 5.41) is 2.67. The maximum atomic E-state index is 11.9. The number of carbonyl (C=O) groups is 1. The molecule has 18 heavy (non-hydrogen) atoms. The molecule has 0 heterocycles. The van der Waals surface area contributed by atoms with Crippen molar-refractivity contribution in [1.82, 2.24) is 5.32 Å². The average Bonchev–Trinajstić information content (AvgIpc) is 2.29. The van der Waals surface area contributed by atoms with E-state index < -0.39 is 18.6 Å². The first-order chi connectivity index (χ1) is 8.30. The third-order valence-corrected chi connectivity index (χ3v) is 1.96. The molecule has 0 rings (SSSR count). The summed E-state index contributed by atoms with van der Waals surface area (Å²) in [4.78, 5) is 11.2. The van der Waals surface area contributed by atoms with Crippen molar-refractivity contribution in [3.8, 4) is 0 Å². The molecule has 0 saturated heterocycles. The first kappa shape index (κ1) is 16.3. The van der Waals surface area contributed by atoms with Crippen LogP contribution in [0.1, 0.15) is 12.8 Å². The maximum absolute atomic E-state index is 11.9. The molecule has 0 aromatic carbocycles. The zero-order chi connectivity index (χ0) is 14.2. The average molecular weight is 263 g/mol. The highest BCUT2D eigenvalue weighted by atomic mass is 19.4. The van der Waals surface area contributed by atoms with Crippen molar-refractivity contribution in [3.05, 3.63) is 36.6 Å². The Labute approximate surface area is 104 Å². The summed E-state index contributed by atoms with van der Waals surface area (Å²) in [6.07, 6.45) is -2.42. The molecule has 0 spiro atoms. The smallest absolute Gasteiger partial charge is 0.389 e. The van der Waals surface area contributed by atoms with Gasteiger partial charge in [-0.1, -0.05) is 19.2 Å². The van der Waals surface area contributed by atoms with Gasteiger partial charge in [0.05, 0.1) is 12.7 Å². The minimum atomic E-state index is -4.16. The fourth-order valence-corrected chi connectivity index (χ4v) is 1.10. The molecule has 102 valence electrons. The van der Waals surface area contributed by atoms with Gasteiger partial charge in [-0.3, -0.25) is 0 Å². The molecule has 0 radical (unpaired) electrons. The van der Waals surface area contributed by atoms with Crippen molar-refractivity contribution in [2.24, 2.45) is 0 Å². The predicted octanol–water partition coefficient (Wildman–Crippen LogP) is 2.72. The van der Waals surface area contributed by atoms with Gasteiger partial charge in [0.15, 0.2) is 0 Å².